The molecule has 4 aromatic rings. The topological polar surface area (TPSA) is 123 Å². The minimum absolute atomic E-state index is 0.000507. The average Bonchev–Trinajstić information content (AvgIpc) is 2.85. The molecule has 0 spiro atoms. The van der Waals surface area contributed by atoms with Crippen molar-refractivity contribution in [3.8, 4) is 17.1 Å². The van der Waals surface area contributed by atoms with Crippen LogP contribution in [0.3, 0.4) is 0 Å². The van der Waals surface area contributed by atoms with E-state index in [4.69, 9.17) is 4.74 Å². The molecule has 0 aliphatic carbocycles. The van der Waals surface area contributed by atoms with Crippen LogP contribution in [-0.4, -0.2) is 42.1 Å². The fraction of sp³-hybridized carbons (Fsp3) is 0.346. The summed E-state index contributed by atoms with van der Waals surface area (Å²) >= 11 is 3.32. The molecule has 4 rings (SSSR count). The van der Waals surface area contributed by atoms with Gasteiger partial charge in [-0.2, -0.15) is 18.3 Å². The highest BCUT2D eigenvalue weighted by Gasteiger charge is 2.38. The van der Waals surface area contributed by atoms with Crippen LogP contribution in [0.5, 0.6) is 5.75 Å². The molecule has 0 amide bonds. The molecule has 0 fully saturated rings. The summed E-state index contributed by atoms with van der Waals surface area (Å²) in [6.07, 6.45) is -3.63. The minimum Gasteiger partial charge on any atom is -0.488 e. The molecular weight excluding hydrogens is 621 g/mol. The van der Waals surface area contributed by atoms with Crippen LogP contribution in [0.4, 0.5) is 22.0 Å². The minimum atomic E-state index is -5.02. The number of nitrogens with zero attached hydrogens (tertiary/aromatic N) is 4. The van der Waals surface area contributed by atoms with Crippen LogP contribution in [0.1, 0.15) is 38.3 Å². The number of aromatic amines is 1. The van der Waals surface area contributed by atoms with E-state index >= 15 is 4.39 Å². The van der Waals surface area contributed by atoms with Crippen molar-refractivity contribution in [2.75, 3.05) is 0 Å². The Morgan fingerprint density at radius 3 is 2.39 bits per heavy atom. The highest BCUT2D eigenvalue weighted by molar-refractivity contribution is 9.10. The van der Waals surface area contributed by atoms with E-state index in [2.05, 4.69) is 31.0 Å². The summed E-state index contributed by atoms with van der Waals surface area (Å²) in [5, 5.41) is 15.3. The molecule has 0 aliphatic heterocycles. The van der Waals surface area contributed by atoms with Crippen LogP contribution >= 0.6 is 15.9 Å². The number of ether oxygens (including phenoxy) is 1. The predicted molar refractivity (Wildman–Crippen MR) is 142 cm³/mol. The molecular formula is C26H23BrF5N5O4. The quantitative estimate of drug-likeness (QED) is 0.262. The molecule has 3 aromatic heterocycles. The Morgan fingerprint density at radius 2 is 1.78 bits per heavy atom. The maximum absolute atomic E-state index is 15.1. The van der Waals surface area contributed by atoms with Crippen molar-refractivity contribution in [2.45, 2.75) is 57.8 Å². The van der Waals surface area contributed by atoms with Gasteiger partial charge in [-0.05, 0) is 48.8 Å². The van der Waals surface area contributed by atoms with Crippen molar-refractivity contribution < 1.29 is 31.8 Å². The first-order valence-corrected chi connectivity index (χ1v) is 12.9. The van der Waals surface area contributed by atoms with E-state index in [1.54, 1.807) is 18.9 Å². The van der Waals surface area contributed by atoms with Gasteiger partial charge in [0.2, 0.25) is 0 Å². The van der Waals surface area contributed by atoms with E-state index in [1.807, 2.05) is 0 Å². The standard InChI is InChI=1S/C26H23BrF5N5O4/c1-12(41-20-9-35-36-23(38)21(20)26(30,31)32)4-14(28)10-37-11-18(27)15-5-17(19(29)6-16(15)24(37)39)22-33-7-13(8-34-22)25(2,3)40/h5-9,11-12,14,40H,4,10H2,1-3H3,(H,36,38). The first-order chi connectivity index (χ1) is 19.1. The Kier molecular flexibility index (Phi) is 8.32. The second-order valence-electron chi connectivity index (χ2n) is 9.86. The number of rotatable bonds is 8. The first kappa shape index (κ1) is 30.2. The number of aliphatic hydroxyl groups is 1. The normalized spacial score (nSPS) is 13.8. The van der Waals surface area contributed by atoms with E-state index in [9.17, 15) is 32.3 Å². The Morgan fingerprint density at radius 1 is 1.12 bits per heavy atom. The SMILES string of the molecule is CC(CC(F)Cn1cc(Br)c2cc(-c3ncc(C(C)(C)O)cn3)c(F)cc2c1=O)Oc1cn[nH]c(=O)c1C(F)(F)F. The van der Waals surface area contributed by atoms with Crippen LogP contribution in [0.15, 0.2) is 51.0 Å². The Hall–Kier alpha value is -3.72. The third-order valence-corrected chi connectivity index (χ3v) is 6.77. The molecule has 9 nitrogen and oxygen atoms in total. The van der Waals surface area contributed by atoms with E-state index in [0.717, 1.165) is 10.6 Å². The molecule has 0 bridgehead atoms. The summed E-state index contributed by atoms with van der Waals surface area (Å²) < 4.78 is 76.3. The summed E-state index contributed by atoms with van der Waals surface area (Å²) in [5.41, 5.74) is -4.58. The van der Waals surface area contributed by atoms with Gasteiger partial charge in [0, 0.05) is 40.4 Å². The molecule has 3 heterocycles. The first-order valence-electron chi connectivity index (χ1n) is 12.1. The van der Waals surface area contributed by atoms with Gasteiger partial charge in [0.1, 0.15) is 12.0 Å². The third-order valence-electron chi connectivity index (χ3n) is 6.14. The van der Waals surface area contributed by atoms with Gasteiger partial charge in [0.05, 0.1) is 35.4 Å². The molecule has 0 aliphatic rings. The summed E-state index contributed by atoms with van der Waals surface area (Å²) in [7, 11) is 0. The summed E-state index contributed by atoms with van der Waals surface area (Å²) in [6, 6.07) is 2.36. The molecule has 15 heteroatoms. The molecule has 0 saturated heterocycles. The highest BCUT2D eigenvalue weighted by atomic mass is 79.9. The number of halogens is 6. The molecule has 0 radical (unpaired) electrons. The Bertz CT molecular complexity index is 1700. The highest BCUT2D eigenvalue weighted by Crippen LogP contribution is 2.34. The van der Waals surface area contributed by atoms with Crippen LogP contribution in [0.2, 0.25) is 0 Å². The lowest BCUT2D eigenvalue weighted by Gasteiger charge is -2.20. The number of alkyl halides is 4. The maximum atomic E-state index is 15.1. The summed E-state index contributed by atoms with van der Waals surface area (Å²) in [5.74, 6) is -1.63. The number of benzene rings is 1. The average molecular weight is 644 g/mol. The maximum Gasteiger partial charge on any atom is 0.425 e. The van der Waals surface area contributed by atoms with E-state index in [1.165, 1.54) is 31.6 Å². The molecule has 1 aromatic carbocycles. The monoisotopic (exact) mass is 643 g/mol. The fourth-order valence-electron chi connectivity index (χ4n) is 4.11. The van der Waals surface area contributed by atoms with Gasteiger partial charge in [0.25, 0.3) is 11.1 Å². The number of aromatic nitrogens is 5. The lowest BCUT2D eigenvalue weighted by molar-refractivity contribution is -0.140. The van der Waals surface area contributed by atoms with Gasteiger partial charge >= 0.3 is 6.18 Å². The van der Waals surface area contributed by atoms with Gasteiger partial charge in [-0.25, -0.2) is 23.8 Å². The van der Waals surface area contributed by atoms with Crippen LogP contribution in [-0.2, 0) is 18.3 Å². The number of hydrogen-bond donors (Lipinski definition) is 2. The van der Waals surface area contributed by atoms with Crippen molar-refractivity contribution in [3.63, 3.8) is 0 Å². The second-order valence-corrected chi connectivity index (χ2v) is 10.7. The van der Waals surface area contributed by atoms with Gasteiger partial charge in [0.15, 0.2) is 17.1 Å². The van der Waals surface area contributed by atoms with Crippen LogP contribution in [0, 0.1) is 5.82 Å². The summed E-state index contributed by atoms with van der Waals surface area (Å²) in [6.45, 7) is 3.89. The lowest BCUT2D eigenvalue weighted by atomic mass is 10.0. The third kappa shape index (κ3) is 6.62. The van der Waals surface area contributed by atoms with Crippen molar-refractivity contribution in [1.29, 1.82) is 0 Å². The molecule has 218 valence electrons. The zero-order valence-corrected chi connectivity index (χ0v) is 23.3. The van der Waals surface area contributed by atoms with Crippen molar-refractivity contribution in [3.05, 3.63) is 79.0 Å². The number of H-pyrrole nitrogens is 1. The number of pyridine rings is 1. The molecule has 2 N–H and O–H groups in total. The second kappa shape index (κ2) is 11.3. The van der Waals surface area contributed by atoms with Gasteiger partial charge in [-0.3, -0.25) is 9.59 Å². The zero-order valence-electron chi connectivity index (χ0n) is 21.8. The van der Waals surface area contributed by atoms with Crippen molar-refractivity contribution in [2.24, 2.45) is 0 Å². The molecule has 2 atom stereocenters. The Balaban J connectivity index is 1.56. The van der Waals surface area contributed by atoms with Gasteiger partial charge in [-0.1, -0.05) is 0 Å². The van der Waals surface area contributed by atoms with E-state index in [0.29, 0.717) is 21.6 Å². The van der Waals surface area contributed by atoms with Crippen molar-refractivity contribution in [1.82, 2.24) is 24.7 Å². The van der Waals surface area contributed by atoms with Gasteiger partial charge < -0.3 is 14.4 Å². The fourth-order valence-corrected chi connectivity index (χ4v) is 4.69. The van der Waals surface area contributed by atoms with Gasteiger partial charge in [-0.15, -0.1) is 0 Å². The molecule has 0 saturated carbocycles. The Labute approximate surface area is 237 Å². The molecule has 2 unspecified atom stereocenters. The summed E-state index contributed by atoms with van der Waals surface area (Å²) in [4.78, 5) is 32.9. The largest absolute Gasteiger partial charge is 0.488 e. The van der Waals surface area contributed by atoms with E-state index in [-0.39, 0.29) is 16.8 Å². The van der Waals surface area contributed by atoms with Crippen LogP contribution in [0.25, 0.3) is 22.2 Å². The number of hydrogen-bond acceptors (Lipinski definition) is 7. The number of fused-ring (bicyclic) bond motifs is 1. The smallest absolute Gasteiger partial charge is 0.425 e. The molecule has 41 heavy (non-hydrogen) atoms. The number of nitrogens with one attached hydrogen (secondary N) is 1. The van der Waals surface area contributed by atoms with E-state index < -0.39 is 65.3 Å². The lowest BCUT2D eigenvalue weighted by Crippen LogP contribution is -2.29. The van der Waals surface area contributed by atoms with Crippen LogP contribution < -0.4 is 15.9 Å². The predicted octanol–water partition coefficient (Wildman–Crippen LogP) is 4.89. The van der Waals surface area contributed by atoms with Crippen molar-refractivity contribution >= 4 is 26.7 Å². The zero-order chi connectivity index (χ0) is 30.3.